The number of benzene rings is 1. The van der Waals surface area contributed by atoms with Crippen LogP contribution in [0.3, 0.4) is 0 Å². The third kappa shape index (κ3) is 5.14. The van der Waals surface area contributed by atoms with Crippen LogP contribution in [-0.4, -0.2) is 43.2 Å². The van der Waals surface area contributed by atoms with E-state index < -0.39 is 29.1 Å². The van der Waals surface area contributed by atoms with Crippen molar-refractivity contribution >= 4 is 17.7 Å². The normalized spacial score (nSPS) is 11.3. The molecular formula is C16H18O7. The Balaban J connectivity index is 2.79. The lowest BCUT2D eigenvalue weighted by atomic mass is 10.1. The zero-order valence-electron chi connectivity index (χ0n) is 13.1. The van der Waals surface area contributed by atoms with Crippen LogP contribution in [0.4, 0.5) is 0 Å². The second-order valence-corrected chi connectivity index (χ2v) is 4.40. The second kappa shape index (κ2) is 8.57. The lowest BCUT2D eigenvalue weighted by Crippen LogP contribution is -2.17. The molecule has 0 saturated heterocycles. The zero-order chi connectivity index (χ0) is 17.4. The minimum atomic E-state index is -0.934. The van der Waals surface area contributed by atoms with Gasteiger partial charge in [-0.05, 0) is 38.1 Å². The Labute approximate surface area is 133 Å². The third-order valence-corrected chi connectivity index (χ3v) is 2.77. The molecule has 23 heavy (non-hydrogen) atoms. The molecule has 1 rings (SSSR count). The molecule has 1 aromatic carbocycles. The lowest BCUT2D eigenvalue weighted by molar-refractivity contribution is -0.137. The summed E-state index contributed by atoms with van der Waals surface area (Å²) in [6, 6.07) is 6.01. The number of aliphatic hydroxyl groups excluding tert-OH is 1. The molecule has 1 aromatic rings. The molecule has 0 fully saturated rings. The SMILES string of the molecule is CCOC(=O)c1ccc(OCC(O)=C(C(C)=O)C(=O)OC)cc1. The van der Waals surface area contributed by atoms with E-state index >= 15 is 0 Å². The molecule has 0 heterocycles. The molecular weight excluding hydrogens is 304 g/mol. The highest BCUT2D eigenvalue weighted by Crippen LogP contribution is 2.15. The Morgan fingerprint density at radius 3 is 2.22 bits per heavy atom. The zero-order valence-corrected chi connectivity index (χ0v) is 13.1. The largest absolute Gasteiger partial charge is 0.508 e. The molecule has 0 spiro atoms. The maximum atomic E-state index is 11.5. The average molecular weight is 322 g/mol. The first-order valence-corrected chi connectivity index (χ1v) is 6.82. The molecule has 0 radical (unpaired) electrons. The van der Waals surface area contributed by atoms with Crippen LogP contribution in [0.25, 0.3) is 0 Å². The van der Waals surface area contributed by atoms with Crippen molar-refractivity contribution in [1.29, 1.82) is 0 Å². The number of rotatable bonds is 7. The maximum absolute atomic E-state index is 11.5. The van der Waals surface area contributed by atoms with Crippen LogP contribution < -0.4 is 4.74 Å². The Hall–Kier alpha value is -2.83. The predicted octanol–water partition coefficient (Wildman–Crippen LogP) is 1.82. The summed E-state index contributed by atoms with van der Waals surface area (Å²) in [5.41, 5.74) is -0.103. The maximum Gasteiger partial charge on any atom is 0.345 e. The van der Waals surface area contributed by atoms with Gasteiger partial charge in [0, 0.05) is 0 Å². The number of ketones is 1. The van der Waals surface area contributed by atoms with E-state index in [2.05, 4.69) is 4.74 Å². The van der Waals surface area contributed by atoms with Gasteiger partial charge in [-0.25, -0.2) is 9.59 Å². The van der Waals surface area contributed by atoms with Crippen molar-refractivity contribution < 1.29 is 33.7 Å². The van der Waals surface area contributed by atoms with Crippen LogP contribution in [0, 0.1) is 0 Å². The summed E-state index contributed by atoms with van der Waals surface area (Å²) in [7, 11) is 1.10. The minimum Gasteiger partial charge on any atom is -0.508 e. The number of carbonyl (C=O) groups excluding carboxylic acids is 3. The van der Waals surface area contributed by atoms with Gasteiger partial charge in [0.25, 0.3) is 0 Å². The van der Waals surface area contributed by atoms with E-state index in [0.29, 0.717) is 11.3 Å². The van der Waals surface area contributed by atoms with Gasteiger partial charge >= 0.3 is 11.9 Å². The van der Waals surface area contributed by atoms with Gasteiger partial charge in [0.15, 0.2) is 5.78 Å². The van der Waals surface area contributed by atoms with Crippen molar-refractivity contribution in [2.24, 2.45) is 0 Å². The molecule has 7 heteroatoms. The van der Waals surface area contributed by atoms with E-state index in [0.717, 1.165) is 14.0 Å². The van der Waals surface area contributed by atoms with Crippen LogP contribution >= 0.6 is 0 Å². The Morgan fingerprint density at radius 2 is 1.74 bits per heavy atom. The Kier molecular flexibility index (Phi) is 6.79. The van der Waals surface area contributed by atoms with Crippen LogP contribution in [0.5, 0.6) is 5.75 Å². The number of Topliss-reactive ketones (excluding diaryl/α,β-unsaturated/α-hetero) is 1. The van der Waals surface area contributed by atoms with Crippen LogP contribution in [-0.2, 0) is 19.1 Å². The Morgan fingerprint density at radius 1 is 1.13 bits per heavy atom. The van der Waals surface area contributed by atoms with E-state index in [1.807, 2.05) is 0 Å². The van der Waals surface area contributed by atoms with Crippen LogP contribution in [0.1, 0.15) is 24.2 Å². The van der Waals surface area contributed by atoms with Gasteiger partial charge in [-0.3, -0.25) is 4.79 Å². The third-order valence-electron chi connectivity index (χ3n) is 2.77. The average Bonchev–Trinajstić information content (AvgIpc) is 2.53. The molecule has 0 atom stereocenters. The standard InChI is InChI=1S/C16H18O7/c1-4-22-15(19)11-5-7-12(8-6-11)23-9-13(18)14(10(2)17)16(20)21-3/h5-8,18H,4,9H2,1-3H3. The fourth-order valence-electron chi connectivity index (χ4n) is 1.69. The first-order chi connectivity index (χ1) is 10.9. The number of hydrogen-bond acceptors (Lipinski definition) is 7. The van der Waals surface area contributed by atoms with Crippen molar-refractivity contribution in [2.45, 2.75) is 13.8 Å². The number of esters is 2. The van der Waals surface area contributed by atoms with Crippen molar-refractivity contribution in [3.63, 3.8) is 0 Å². The fraction of sp³-hybridized carbons (Fsp3) is 0.312. The molecule has 0 unspecified atom stereocenters. The van der Waals surface area contributed by atoms with E-state index in [4.69, 9.17) is 9.47 Å². The van der Waals surface area contributed by atoms with Gasteiger partial charge < -0.3 is 19.3 Å². The quantitative estimate of drug-likeness (QED) is 0.269. The molecule has 0 amide bonds. The lowest BCUT2D eigenvalue weighted by Gasteiger charge is -2.09. The summed E-state index contributed by atoms with van der Waals surface area (Å²) in [5, 5.41) is 9.81. The molecule has 0 aromatic heterocycles. The van der Waals surface area contributed by atoms with Gasteiger partial charge in [-0.15, -0.1) is 0 Å². The highest BCUT2D eigenvalue weighted by atomic mass is 16.5. The van der Waals surface area contributed by atoms with Crippen molar-refractivity contribution in [3.05, 3.63) is 41.2 Å². The molecule has 0 aliphatic carbocycles. The van der Waals surface area contributed by atoms with Gasteiger partial charge in [0.1, 0.15) is 23.7 Å². The van der Waals surface area contributed by atoms with Gasteiger partial charge in [-0.1, -0.05) is 0 Å². The monoisotopic (exact) mass is 322 g/mol. The smallest absolute Gasteiger partial charge is 0.345 e. The highest BCUT2D eigenvalue weighted by molar-refractivity contribution is 6.16. The van der Waals surface area contributed by atoms with Gasteiger partial charge in [-0.2, -0.15) is 0 Å². The molecule has 0 aliphatic rings. The number of methoxy groups -OCH3 is 1. The number of aliphatic hydroxyl groups is 1. The fourth-order valence-corrected chi connectivity index (χ4v) is 1.69. The van der Waals surface area contributed by atoms with Crippen LogP contribution in [0.2, 0.25) is 0 Å². The second-order valence-electron chi connectivity index (χ2n) is 4.40. The molecule has 0 bridgehead atoms. The molecule has 124 valence electrons. The first-order valence-electron chi connectivity index (χ1n) is 6.82. The van der Waals surface area contributed by atoms with E-state index in [1.165, 1.54) is 24.3 Å². The summed E-state index contributed by atoms with van der Waals surface area (Å²) in [4.78, 5) is 34.3. The van der Waals surface area contributed by atoms with Gasteiger partial charge in [0.2, 0.25) is 0 Å². The number of hydrogen-bond donors (Lipinski definition) is 1. The van der Waals surface area contributed by atoms with E-state index in [1.54, 1.807) is 6.92 Å². The van der Waals surface area contributed by atoms with Gasteiger partial charge in [0.05, 0.1) is 19.3 Å². The number of carbonyl (C=O) groups is 3. The van der Waals surface area contributed by atoms with E-state index in [9.17, 15) is 19.5 Å². The molecule has 1 N–H and O–H groups in total. The van der Waals surface area contributed by atoms with Crippen molar-refractivity contribution in [1.82, 2.24) is 0 Å². The first kappa shape index (κ1) is 18.2. The minimum absolute atomic E-state index is 0.275. The van der Waals surface area contributed by atoms with E-state index in [-0.39, 0.29) is 13.2 Å². The summed E-state index contributed by atoms with van der Waals surface area (Å²) in [6.07, 6.45) is 0. The summed E-state index contributed by atoms with van der Waals surface area (Å²) in [5.74, 6) is -2.20. The topological polar surface area (TPSA) is 99.1 Å². The van der Waals surface area contributed by atoms with Crippen LogP contribution in [0.15, 0.2) is 35.6 Å². The van der Waals surface area contributed by atoms with Crippen molar-refractivity contribution in [2.75, 3.05) is 20.3 Å². The summed E-state index contributed by atoms with van der Waals surface area (Å²) >= 11 is 0. The predicted molar refractivity (Wildman–Crippen MR) is 80.2 cm³/mol. The Bertz CT molecular complexity index is 614. The molecule has 0 aliphatic heterocycles. The highest BCUT2D eigenvalue weighted by Gasteiger charge is 2.21. The number of ether oxygens (including phenoxy) is 3. The van der Waals surface area contributed by atoms with Crippen molar-refractivity contribution in [3.8, 4) is 5.75 Å². The molecule has 0 saturated carbocycles. The molecule has 7 nitrogen and oxygen atoms in total. The summed E-state index contributed by atoms with van der Waals surface area (Å²) in [6.45, 7) is 2.73. The summed E-state index contributed by atoms with van der Waals surface area (Å²) < 4.78 is 14.5.